The quantitative estimate of drug-likeness (QED) is 0.755. The molecule has 15 heavy (non-hydrogen) atoms. The van der Waals surface area contributed by atoms with E-state index in [1.807, 2.05) is 0 Å². The number of rotatable bonds is 4. The number of hydrogen-bond acceptors (Lipinski definition) is 6. The van der Waals surface area contributed by atoms with E-state index >= 15 is 0 Å². The minimum Gasteiger partial charge on any atom is -0.447 e. The number of nitrogens with one attached hydrogen (secondary N) is 1. The molecule has 7 heteroatoms. The van der Waals surface area contributed by atoms with E-state index in [2.05, 4.69) is 20.3 Å². The number of carbonyl (C=O) groups is 1. The lowest BCUT2D eigenvalue weighted by molar-refractivity contribution is 0.130. The second-order valence-corrected chi connectivity index (χ2v) is 3.20. The fraction of sp³-hybridized carbons (Fsp3) is 0.625. The average Bonchev–Trinajstić information content (AvgIpc) is 2.98. The smallest absolute Gasteiger partial charge is 0.415 e. The zero-order chi connectivity index (χ0) is 10.7. The van der Waals surface area contributed by atoms with Crippen molar-refractivity contribution in [1.29, 1.82) is 0 Å². The lowest BCUT2D eigenvalue weighted by Gasteiger charge is -2.00. The van der Waals surface area contributed by atoms with E-state index in [9.17, 15) is 4.79 Å². The van der Waals surface area contributed by atoms with Gasteiger partial charge in [-0.3, -0.25) is 0 Å². The number of anilines is 1. The van der Waals surface area contributed by atoms with Crippen LogP contribution >= 0.6 is 0 Å². The summed E-state index contributed by atoms with van der Waals surface area (Å²) >= 11 is 0. The molecular weight excluding hydrogens is 202 g/mol. The molecule has 1 saturated carbocycles. The van der Waals surface area contributed by atoms with Crippen molar-refractivity contribution in [1.82, 2.24) is 10.2 Å². The van der Waals surface area contributed by atoms with E-state index in [0.29, 0.717) is 11.8 Å². The van der Waals surface area contributed by atoms with Gasteiger partial charge in [0.25, 0.3) is 0 Å². The number of aromatic nitrogens is 2. The van der Waals surface area contributed by atoms with Crippen LogP contribution in [0.2, 0.25) is 0 Å². The molecular formula is C8H11N3O4. The van der Waals surface area contributed by atoms with E-state index < -0.39 is 6.09 Å². The van der Waals surface area contributed by atoms with Crippen molar-refractivity contribution < 1.29 is 19.1 Å². The van der Waals surface area contributed by atoms with E-state index in [0.717, 1.165) is 12.8 Å². The minimum atomic E-state index is -0.713. The van der Waals surface area contributed by atoms with E-state index in [4.69, 9.17) is 9.52 Å². The molecule has 2 rings (SSSR count). The molecule has 1 aromatic rings. The van der Waals surface area contributed by atoms with Gasteiger partial charge in [-0.2, -0.15) is 0 Å². The molecule has 1 fully saturated rings. The predicted molar refractivity (Wildman–Crippen MR) is 48.3 cm³/mol. The molecule has 1 aliphatic carbocycles. The SMILES string of the molecule is O=C(Nc1nnc(C2CC2)o1)OCCO. The van der Waals surface area contributed by atoms with Crippen LogP contribution < -0.4 is 5.32 Å². The Morgan fingerprint density at radius 3 is 3.07 bits per heavy atom. The van der Waals surface area contributed by atoms with Crippen LogP contribution in [0.4, 0.5) is 10.8 Å². The summed E-state index contributed by atoms with van der Waals surface area (Å²) < 4.78 is 9.71. The summed E-state index contributed by atoms with van der Waals surface area (Å²) in [5.41, 5.74) is 0. The molecule has 0 aliphatic heterocycles. The summed E-state index contributed by atoms with van der Waals surface area (Å²) in [5, 5.41) is 18.1. The number of carbonyl (C=O) groups excluding carboxylic acids is 1. The van der Waals surface area contributed by atoms with Crippen LogP contribution in [-0.4, -0.2) is 34.6 Å². The summed E-state index contributed by atoms with van der Waals surface area (Å²) in [4.78, 5) is 11.0. The first kappa shape index (κ1) is 9.91. The second-order valence-electron chi connectivity index (χ2n) is 3.20. The summed E-state index contributed by atoms with van der Waals surface area (Å²) in [6.07, 6.45) is 1.39. The first-order valence-corrected chi connectivity index (χ1v) is 4.67. The van der Waals surface area contributed by atoms with Crippen molar-refractivity contribution in [2.75, 3.05) is 18.5 Å². The van der Waals surface area contributed by atoms with Crippen LogP contribution in [0.25, 0.3) is 0 Å². The second kappa shape index (κ2) is 4.26. The van der Waals surface area contributed by atoms with Crippen molar-refractivity contribution in [3.05, 3.63) is 5.89 Å². The highest BCUT2D eigenvalue weighted by Gasteiger charge is 2.29. The molecule has 0 bridgehead atoms. The zero-order valence-corrected chi connectivity index (χ0v) is 7.97. The standard InChI is InChI=1S/C8H11N3O4/c12-3-4-14-8(13)9-7-11-10-6(15-7)5-1-2-5/h5,12H,1-4H2,(H,9,11,13). The average molecular weight is 213 g/mol. The highest BCUT2D eigenvalue weighted by Crippen LogP contribution is 2.39. The third-order valence-electron chi connectivity index (χ3n) is 1.90. The number of amides is 1. The molecule has 1 aromatic heterocycles. The van der Waals surface area contributed by atoms with Crippen molar-refractivity contribution in [2.45, 2.75) is 18.8 Å². The van der Waals surface area contributed by atoms with Gasteiger partial charge < -0.3 is 14.3 Å². The lowest BCUT2D eigenvalue weighted by Crippen LogP contribution is -2.15. The number of ether oxygens (including phenoxy) is 1. The molecule has 0 atom stereocenters. The first-order valence-electron chi connectivity index (χ1n) is 4.67. The Kier molecular flexibility index (Phi) is 2.82. The Bertz CT molecular complexity index is 347. The molecule has 0 spiro atoms. The molecule has 0 aromatic carbocycles. The predicted octanol–water partition coefficient (Wildman–Crippen LogP) is 0.488. The Labute approximate surface area is 85.4 Å². The Balaban J connectivity index is 1.84. The van der Waals surface area contributed by atoms with Gasteiger partial charge >= 0.3 is 12.1 Å². The fourth-order valence-electron chi connectivity index (χ4n) is 1.04. The maximum atomic E-state index is 11.0. The normalized spacial score (nSPS) is 15.0. The van der Waals surface area contributed by atoms with Gasteiger partial charge in [-0.05, 0) is 12.8 Å². The monoisotopic (exact) mass is 213 g/mol. The topological polar surface area (TPSA) is 97.5 Å². The van der Waals surface area contributed by atoms with Gasteiger partial charge in [-0.15, -0.1) is 5.10 Å². The van der Waals surface area contributed by atoms with Crippen molar-refractivity contribution in [3.63, 3.8) is 0 Å². The third-order valence-corrected chi connectivity index (χ3v) is 1.90. The van der Waals surface area contributed by atoms with Crippen LogP contribution in [-0.2, 0) is 4.74 Å². The minimum absolute atomic E-state index is 0.0276. The molecule has 82 valence electrons. The van der Waals surface area contributed by atoms with E-state index in [1.165, 1.54) is 0 Å². The Morgan fingerprint density at radius 1 is 1.60 bits per heavy atom. The largest absolute Gasteiger partial charge is 0.447 e. The molecule has 7 nitrogen and oxygen atoms in total. The van der Waals surface area contributed by atoms with Crippen LogP contribution in [0.3, 0.4) is 0 Å². The molecule has 0 saturated heterocycles. The van der Waals surface area contributed by atoms with Gasteiger partial charge in [0.2, 0.25) is 5.89 Å². The number of hydrogen-bond donors (Lipinski definition) is 2. The van der Waals surface area contributed by atoms with Crippen molar-refractivity contribution in [3.8, 4) is 0 Å². The molecule has 1 heterocycles. The summed E-state index contributed by atoms with van der Waals surface area (Å²) in [7, 11) is 0. The van der Waals surface area contributed by atoms with Gasteiger partial charge in [0.15, 0.2) is 0 Å². The molecule has 2 N–H and O–H groups in total. The number of aliphatic hydroxyl groups is 1. The third kappa shape index (κ3) is 2.66. The van der Waals surface area contributed by atoms with Crippen LogP contribution in [0, 0.1) is 0 Å². The maximum Gasteiger partial charge on any atom is 0.415 e. The van der Waals surface area contributed by atoms with Crippen molar-refractivity contribution >= 4 is 12.1 Å². The van der Waals surface area contributed by atoms with Gasteiger partial charge in [0.05, 0.1) is 6.61 Å². The molecule has 1 aliphatic rings. The maximum absolute atomic E-state index is 11.0. The van der Waals surface area contributed by atoms with Crippen LogP contribution in [0.15, 0.2) is 4.42 Å². The highest BCUT2D eigenvalue weighted by atomic mass is 16.6. The van der Waals surface area contributed by atoms with Gasteiger partial charge in [-0.1, -0.05) is 5.10 Å². The van der Waals surface area contributed by atoms with E-state index in [-0.39, 0.29) is 19.2 Å². The van der Waals surface area contributed by atoms with E-state index in [1.54, 1.807) is 0 Å². The Morgan fingerprint density at radius 2 is 2.40 bits per heavy atom. The summed E-state index contributed by atoms with van der Waals surface area (Å²) in [6.45, 7) is -0.278. The Hall–Kier alpha value is -1.63. The van der Waals surface area contributed by atoms with Gasteiger partial charge in [-0.25, -0.2) is 10.1 Å². The van der Waals surface area contributed by atoms with Crippen molar-refractivity contribution in [2.24, 2.45) is 0 Å². The van der Waals surface area contributed by atoms with Gasteiger partial charge in [0, 0.05) is 5.92 Å². The number of nitrogens with zero attached hydrogens (tertiary/aromatic N) is 2. The zero-order valence-electron chi connectivity index (χ0n) is 7.97. The number of aliphatic hydroxyl groups excluding tert-OH is 1. The first-order chi connectivity index (χ1) is 7.29. The van der Waals surface area contributed by atoms with Crippen LogP contribution in [0.1, 0.15) is 24.7 Å². The highest BCUT2D eigenvalue weighted by molar-refractivity contribution is 5.81. The molecule has 0 radical (unpaired) electrons. The summed E-state index contributed by atoms with van der Waals surface area (Å²) in [6, 6.07) is 0.0276. The fourth-order valence-corrected chi connectivity index (χ4v) is 1.04. The summed E-state index contributed by atoms with van der Waals surface area (Å²) in [5.74, 6) is 0.897. The molecule has 1 amide bonds. The van der Waals surface area contributed by atoms with Gasteiger partial charge in [0.1, 0.15) is 6.61 Å². The van der Waals surface area contributed by atoms with Crippen LogP contribution in [0.5, 0.6) is 0 Å². The molecule has 0 unspecified atom stereocenters. The lowest BCUT2D eigenvalue weighted by atomic mass is 10.4.